The van der Waals surface area contributed by atoms with Gasteiger partial charge in [0.05, 0.1) is 21.7 Å². The topological polar surface area (TPSA) is 93.8 Å². The van der Waals surface area contributed by atoms with Crippen LogP contribution in [0.25, 0.3) is 38.6 Å². The van der Waals surface area contributed by atoms with Crippen LogP contribution < -0.4 is 11.1 Å². The predicted molar refractivity (Wildman–Crippen MR) is 188 cm³/mol. The van der Waals surface area contributed by atoms with E-state index in [0.29, 0.717) is 58.8 Å². The fourth-order valence-corrected chi connectivity index (χ4v) is 7.00. The van der Waals surface area contributed by atoms with Gasteiger partial charge in [-0.05, 0) is 98.2 Å². The highest BCUT2D eigenvalue weighted by Crippen LogP contribution is 2.40. The molecule has 0 saturated carbocycles. The summed E-state index contributed by atoms with van der Waals surface area (Å²) in [7, 11) is 0. The first-order valence-electron chi connectivity index (χ1n) is 16.1. The zero-order valence-corrected chi connectivity index (χ0v) is 28.4. The Hall–Kier alpha value is -4.56. The largest absolute Gasteiger partial charge is 0.508 e. The number of aromatic nitrogens is 2. The maximum Gasteiger partial charge on any atom is 0.410 e. The number of rotatable bonds is 4. The van der Waals surface area contributed by atoms with Gasteiger partial charge in [0, 0.05) is 24.7 Å². The van der Waals surface area contributed by atoms with Crippen LogP contribution in [0.3, 0.4) is 0 Å². The molecule has 0 unspecified atom stereocenters. The number of para-hydroxylation sites is 1. The van der Waals surface area contributed by atoms with E-state index in [1.807, 2.05) is 76.2 Å². The highest BCUT2D eigenvalue weighted by atomic mass is 35.5. The van der Waals surface area contributed by atoms with E-state index in [0.717, 1.165) is 21.9 Å². The minimum Gasteiger partial charge on any atom is -0.508 e. The number of hydrogen-bond acceptors (Lipinski definition) is 5. The normalized spacial score (nSPS) is 14.3. The molecule has 9 heteroatoms. The van der Waals surface area contributed by atoms with Crippen molar-refractivity contribution in [1.29, 1.82) is 0 Å². The number of nitrogens with zero attached hydrogens (tertiary/aromatic N) is 3. The third-order valence-electron chi connectivity index (χ3n) is 8.90. The number of phenols is 1. The fourth-order valence-electron chi connectivity index (χ4n) is 6.74. The van der Waals surface area contributed by atoms with Gasteiger partial charge in [-0.25, -0.2) is 4.79 Å². The number of benzene rings is 4. The lowest BCUT2D eigenvalue weighted by Crippen LogP contribution is -2.47. The Morgan fingerprint density at radius 3 is 2.30 bits per heavy atom. The average Bonchev–Trinajstić information content (AvgIpc) is 3.01. The fraction of sp³-hybridized carbons (Fsp3) is 0.342. The van der Waals surface area contributed by atoms with Gasteiger partial charge in [0.2, 0.25) is 0 Å². The van der Waals surface area contributed by atoms with E-state index in [4.69, 9.17) is 16.3 Å². The number of phenolic OH excluding ortho intramolecular Hbond substituents is 1. The molecule has 0 atom stereocenters. The zero-order chi connectivity index (χ0) is 33.8. The third kappa shape index (κ3) is 6.02. The second-order valence-electron chi connectivity index (χ2n) is 13.7. The summed E-state index contributed by atoms with van der Waals surface area (Å²) in [5.41, 5.74) is 2.97. The molecule has 1 aliphatic rings. The maximum atomic E-state index is 14.4. The van der Waals surface area contributed by atoms with E-state index in [9.17, 15) is 19.5 Å². The summed E-state index contributed by atoms with van der Waals surface area (Å²) in [6.45, 7) is 12.3. The first-order valence-corrected chi connectivity index (χ1v) is 16.4. The van der Waals surface area contributed by atoms with Crippen molar-refractivity contribution >= 4 is 39.5 Å². The number of halogens is 1. The summed E-state index contributed by atoms with van der Waals surface area (Å²) < 4.78 is 8.69. The number of fused-ring (bicyclic) bond motifs is 2. The average molecular weight is 654 g/mol. The number of carbonyl (C=O) groups is 1. The van der Waals surface area contributed by atoms with Crippen LogP contribution in [0.1, 0.15) is 70.5 Å². The Labute approximate surface area is 278 Å². The van der Waals surface area contributed by atoms with E-state index in [1.54, 1.807) is 32.2 Å². The second kappa shape index (κ2) is 12.2. The summed E-state index contributed by atoms with van der Waals surface area (Å²) in [5, 5.41) is 12.8. The van der Waals surface area contributed by atoms with Gasteiger partial charge in [-0.1, -0.05) is 67.9 Å². The van der Waals surface area contributed by atoms with E-state index in [1.165, 1.54) is 0 Å². The standard InChI is InChI=1S/C38H40ClN3O5/c1-22(2)27-13-9-10-23(3)34(27)42-32-20-30(29-19-26(43)18-24-11-7-8-12-28(24)29)31(39)21-33(32)41(35(44)36(42)45)25-14-16-40(17-15-25)37(46)47-38(4,5)6/h7-13,18-22,25,43H,14-17H2,1-6H3. The third-order valence-corrected chi connectivity index (χ3v) is 9.21. The number of aryl methyl sites for hydroxylation is 1. The van der Waals surface area contributed by atoms with Gasteiger partial charge in [-0.15, -0.1) is 0 Å². The van der Waals surface area contributed by atoms with Gasteiger partial charge in [0.1, 0.15) is 11.4 Å². The molecule has 1 N–H and O–H groups in total. The van der Waals surface area contributed by atoms with Crippen LogP contribution in [-0.2, 0) is 4.74 Å². The second-order valence-corrected chi connectivity index (χ2v) is 14.1. The molecule has 244 valence electrons. The van der Waals surface area contributed by atoms with Crippen molar-refractivity contribution in [2.75, 3.05) is 13.1 Å². The Morgan fingerprint density at radius 2 is 1.62 bits per heavy atom. The Balaban J connectivity index is 1.61. The van der Waals surface area contributed by atoms with Crippen LogP contribution >= 0.6 is 11.6 Å². The summed E-state index contributed by atoms with van der Waals surface area (Å²) in [6, 6.07) is 20.3. The molecular weight excluding hydrogens is 614 g/mol. The van der Waals surface area contributed by atoms with Gasteiger partial charge in [0.25, 0.3) is 0 Å². The van der Waals surface area contributed by atoms with Gasteiger partial charge < -0.3 is 14.7 Å². The molecule has 2 heterocycles. The first kappa shape index (κ1) is 32.4. The van der Waals surface area contributed by atoms with E-state index in [2.05, 4.69) is 13.8 Å². The Morgan fingerprint density at radius 1 is 0.915 bits per heavy atom. The van der Waals surface area contributed by atoms with Crippen LogP contribution in [0.15, 0.2) is 76.3 Å². The molecule has 6 rings (SSSR count). The van der Waals surface area contributed by atoms with Crippen molar-refractivity contribution in [3.8, 4) is 22.6 Å². The SMILES string of the molecule is Cc1cccc(C(C)C)c1-n1c(=O)c(=O)n(C2CCN(C(=O)OC(C)(C)C)CC2)c2cc(Cl)c(-c3cc(O)cc4ccccc34)cc21. The predicted octanol–water partition coefficient (Wildman–Crippen LogP) is 8.34. The molecule has 1 fully saturated rings. The van der Waals surface area contributed by atoms with E-state index >= 15 is 0 Å². The van der Waals surface area contributed by atoms with Crippen LogP contribution in [0.5, 0.6) is 5.75 Å². The molecule has 4 aromatic carbocycles. The summed E-state index contributed by atoms with van der Waals surface area (Å²) in [6.07, 6.45) is 0.543. The van der Waals surface area contributed by atoms with Crippen molar-refractivity contribution in [2.45, 2.75) is 71.9 Å². The number of carbonyl (C=O) groups excluding carboxylic acids is 1. The molecule has 1 aliphatic heterocycles. The van der Waals surface area contributed by atoms with Gasteiger partial charge in [-0.3, -0.25) is 18.7 Å². The Kier molecular flexibility index (Phi) is 8.43. The molecular formula is C38H40ClN3O5. The summed E-state index contributed by atoms with van der Waals surface area (Å²) in [4.78, 5) is 43.0. The lowest BCUT2D eigenvalue weighted by atomic mass is 9.96. The van der Waals surface area contributed by atoms with Crippen LogP contribution in [0.4, 0.5) is 4.79 Å². The molecule has 1 aromatic heterocycles. The van der Waals surface area contributed by atoms with Crippen molar-refractivity contribution in [3.05, 3.63) is 104 Å². The monoisotopic (exact) mass is 653 g/mol. The molecule has 0 bridgehead atoms. The van der Waals surface area contributed by atoms with Crippen LogP contribution in [-0.4, -0.2) is 43.9 Å². The lowest BCUT2D eigenvalue weighted by molar-refractivity contribution is 0.0188. The van der Waals surface area contributed by atoms with Crippen LogP contribution in [0.2, 0.25) is 5.02 Å². The number of ether oxygens (including phenoxy) is 1. The molecule has 1 amide bonds. The van der Waals surface area contributed by atoms with Gasteiger partial charge in [0.15, 0.2) is 0 Å². The molecule has 5 aromatic rings. The summed E-state index contributed by atoms with van der Waals surface area (Å²) >= 11 is 7.08. The maximum absolute atomic E-state index is 14.4. The highest BCUT2D eigenvalue weighted by molar-refractivity contribution is 6.34. The van der Waals surface area contributed by atoms with Crippen molar-refractivity contribution < 1.29 is 14.6 Å². The zero-order valence-electron chi connectivity index (χ0n) is 27.6. The minimum atomic E-state index is -0.655. The molecule has 47 heavy (non-hydrogen) atoms. The lowest BCUT2D eigenvalue weighted by Gasteiger charge is -2.34. The number of amides is 1. The number of hydrogen-bond donors (Lipinski definition) is 1. The van der Waals surface area contributed by atoms with Crippen molar-refractivity contribution in [3.63, 3.8) is 0 Å². The summed E-state index contributed by atoms with van der Waals surface area (Å²) in [5.74, 6) is 0.170. The van der Waals surface area contributed by atoms with Crippen LogP contribution in [0, 0.1) is 6.92 Å². The quantitative estimate of drug-likeness (QED) is 0.197. The number of piperidine rings is 1. The number of aromatic hydroxyl groups is 1. The first-order chi connectivity index (χ1) is 22.2. The molecule has 0 spiro atoms. The highest BCUT2D eigenvalue weighted by Gasteiger charge is 2.31. The smallest absolute Gasteiger partial charge is 0.410 e. The van der Waals surface area contributed by atoms with Gasteiger partial charge >= 0.3 is 17.2 Å². The molecule has 0 aliphatic carbocycles. The number of likely N-dealkylation sites (tertiary alicyclic amines) is 1. The Bertz CT molecular complexity index is 2150. The van der Waals surface area contributed by atoms with E-state index < -0.39 is 22.8 Å². The van der Waals surface area contributed by atoms with E-state index in [-0.39, 0.29) is 17.7 Å². The van der Waals surface area contributed by atoms with Gasteiger partial charge in [-0.2, -0.15) is 0 Å². The van der Waals surface area contributed by atoms with Crippen molar-refractivity contribution in [2.24, 2.45) is 0 Å². The molecule has 8 nitrogen and oxygen atoms in total. The minimum absolute atomic E-state index is 0.0771. The molecule has 1 saturated heterocycles. The van der Waals surface area contributed by atoms with Crippen molar-refractivity contribution in [1.82, 2.24) is 14.0 Å². The molecule has 0 radical (unpaired) electrons.